The lowest BCUT2D eigenvalue weighted by molar-refractivity contribution is 0.155. The van der Waals surface area contributed by atoms with Gasteiger partial charge in [-0.25, -0.2) is 0 Å². The van der Waals surface area contributed by atoms with Crippen molar-refractivity contribution in [2.75, 3.05) is 6.54 Å². The zero-order valence-corrected chi connectivity index (χ0v) is 11.5. The average Bonchev–Trinajstić information content (AvgIpc) is 2.84. The van der Waals surface area contributed by atoms with Gasteiger partial charge in [-0.05, 0) is 24.0 Å². The van der Waals surface area contributed by atoms with E-state index in [0.29, 0.717) is 11.9 Å². The van der Waals surface area contributed by atoms with Crippen molar-refractivity contribution in [1.82, 2.24) is 15.1 Å². The molecule has 4 nitrogen and oxygen atoms in total. The van der Waals surface area contributed by atoms with E-state index in [9.17, 15) is 0 Å². The van der Waals surface area contributed by atoms with E-state index in [1.54, 1.807) is 0 Å². The lowest BCUT2D eigenvalue weighted by atomic mass is 9.91. The molecule has 100 valence electrons. The summed E-state index contributed by atoms with van der Waals surface area (Å²) in [7, 11) is 0. The Bertz CT molecular complexity index is 564. The van der Waals surface area contributed by atoms with Crippen LogP contribution in [0.1, 0.15) is 42.3 Å². The normalized spacial score (nSPS) is 19.4. The molecular formula is C15H19N3O. The topological polar surface area (TPSA) is 42.2 Å². The SMILES string of the molecule is CCC1c2ccccc2CCN1Cc1nnc(C)o1. The Morgan fingerprint density at radius 1 is 1.32 bits per heavy atom. The fourth-order valence-corrected chi connectivity index (χ4v) is 2.95. The van der Waals surface area contributed by atoms with E-state index in [2.05, 4.69) is 46.3 Å². The van der Waals surface area contributed by atoms with Gasteiger partial charge in [0, 0.05) is 19.5 Å². The second-order valence-corrected chi connectivity index (χ2v) is 5.06. The van der Waals surface area contributed by atoms with Gasteiger partial charge in [-0.15, -0.1) is 10.2 Å². The molecule has 0 bridgehead atoms. The van der Waals surface area contributed by atoms with Crippen LogP contribution in [0.4, 0.5) is 0 Å². The van der Waals surface area contributed by atoms with Crippen LogP contribution in [-0.2, 0) is 13.0 Å². The first kappa shape index (κ1) is 12.4. The summed E-state index contributed by atoms with van der Waals surface area (Å²) in [5.74, 6) is 1.36. The molecule has 0 saturated heterocycles. The van der Waals surface area contributed by atoms with Crippen molar-refractivity contribution in [3.05, 3.63) is 47.2 Å². The van der Waals surface area contributed by atoms with E-state index in [1.807, 2.05) is 6.92 Å². The van der Waals surface area contributed by atoms with Gasteiger partial charge >= 0.3 is 0 Å². The Morgan fingerprint density at radius 2 is 2.16 bits per heavy atom. The van der Waals surface area contributed by atoms with E-state index >= 15 is 0 Å². The fraction of sp³-hybridized carbons (Fsp3) is 0.467. The predicted molar refractivity (Wildman–Crippen MR) is 72.6 cm³/mol. The van der Waals surface area contributed by atoms with Crippen LogP contribution < -0.4 is 0 Å². The number of hydrogen-bond acceptors (Lipinski definition) is 4. The maximum Gasteiger partial charge on any atom is 0.230 e. The minimum absolute atomic E-state index is 0.456. The first-order valence-corrected chi connectivity index (χ1v) is 6.88. The Labute approximate surface area is 113 Å². The predicted octanol–water partition coefficient (Wildman–Crippen LogP) is 2.89. The minimum atomic E-state index is 0.456. The number of benzene rings is 1. The zero-order valence-electron chi connectivity index (χ0n) is 11.5. The first-order chi connectivity index (χ1) is 9.28. The molecule has 1 aliphatic heterocycles. The molecule has 1 unspecified atom stereocenters. The van der Waals surface area contributed by atoms with Gasteiger partial charge in [-0.1, -0.05) is 31.2 Å². The van der Waals surface area contributed by atoms with Crippen LogP contribution in [0.3, 0.4) is 0 Å². The number of nitrogens with zero attached hydrogens (tertiary/aromatic N) is 3. The minimum Gasteiger partial charge on any atom is -0.424 e. The maximum absolute atomic E-state index is 5.50. The van der Waals surface area contributed by atoms with Crippen LogP contribution in [0, 0.1) is 6.92 Å². The van der Waals surface area contributed by atoms with Crippen molar-refractivity contribution in [2.24, 2.45) is 0 Å². The van der Waals surface area contributed by atoms with E-state index in [4.69, 9.17) is 4.42 Å². The summed E-state index contributed by atoms with van der Waals surface area (Å²) < 4.78 is 5.50. The lowest BCUT2D eigenvalue weighted by Gasteiger charge is -2.36. The molecule has 0 N–H and O–H groups in total. The van der Waals surface area contributed by atoms with Gasteiger partial charge in [0.25, 0.3) is 0 Å². The molecule has 3 rings (SSSR count). The summed E-state index contributed by atoms with van der Waals surface area (Å²) >= 11 is 0. The summed E-state index contributed by atoms with van der Waals surface area (Å²) in [6, 6.07) is 9.20. The summed E-state index contributed by atoms with van der Waals surface area (Å²) in [6.07, 6.45) is 2.20. The van der Waals surface area contributed by atoms with Crippen LogP contribution in [0.25, 0.3) is 0 Å². The van der Waals surface area contributed by atoms with Crippen LogP contribution in [-0.4, -0.2) is 21.6 Å². The van der Waals surface area contributed by atoms with E-state index in [0.717, 1.165) is 31.8 Å². The molecule has 1 aliphatic rings. The molecule has 0 spiro atoms. The molecule has 0 saturated carbocycles. The Kier molecular flexibility index (Phi) is 3.34. The van der Waals surface area contributed by atoms with Gasteiger partial charge < -0.3 is 4.42 Å². The van der Waals surface area contributed by atoms with Crippen molar-refractivity contribution in [1.29, 1.82) is 0 Å². The molecule has 19 heavy (non-hydrogen) atoms. The van der Waals surface area contributed by atoms with Crippen molar-refractivity contribution in [3.8, 4) is 0 Å². The third-order valence-electron chi connectivity index (χ3n) is 3.82. The van der Waals surface area contributed by atoms with Gasteiger partial charge in [0.15, 0.2) is 0 Å². The third-order valence-corrected chi connectivity index (χ3v) is 3.82. The summed E-state index contributed by atoms with van der Waals surface area (Å²) in [6.45, 7) is 5.86. The summed E-state index contributed by atoms with van der Waals surface area (Å²) in [4.78, 5) is 2.44. The highest BCUT2D eigenvalue weighted by molar-refractivity contribution is 5.32. The van der Waals surface area contributed by atoms with Gasteiger partial charge in [0.2, 0.25) is 11.8 Å². The Balaban J connectivity index is 1.84. The number of hydrogen-bond donors (Lipinski definition) is 0. The second kappa shape index (κ2) is 5.13. The zero-order chi connectivity index (χ0) is 13.2. The molecule has 1 aromatic carbocycles. The van der Waals surface area contributed by atoms with Crippen molar-refractivity contribution in [3.63, 3.8) is 0 Å². The van der Waals surface area contributed by atoms with Gasteiger partial charge in [0.1, 0.15) is 0 Å². The maximum atomic E-state index is 5.50. The van der Waals surface area contributed by atoms with Crippen LogP contribution in [0.15, 0.2) is 28.7 Å². The Hall–Kier alpha value is -1.68. The highest BCUT2D eigenvalue weighted by Gasteiger charge is 2.26. The third kappa shape index (κ3) is 2.40. The van der Waals surface area contributed by atoms with Crippen molar-refractivity contribution >= 4 is 0 Å². The van der Waals surface area contributed by atoms with Crippen LogP contribution in [0.2, 0.25) is 0 Å². The number of aryl methyl sites for hydroxylation is 1. The molecule has 2 aromatic rings. The van der Waals surface area contributed by atoms with Crippen molar-refractivity contribution < 1.29 is 4.42 Å². The standard InChI is InChI=1S/C15H19N3O/c1-3-14-13-7-5-4-6-12(13)8-9-18(14)10-15-17-16-11(2)19-15/h4-7,14H,3,8-10H2,1-2H3. The molecule has 0 aliphatic carbocycles. The summed E-state index contributed by atoms with van der Waals surface area (Å²) in [5.41, 5.74) is 2.93. The number of rotatable bonds is 3. The quantitative estimate of drug-likeness (QED) is 0.848. The lowest BCUT2D eigenvalue weighted by Crippen LogP contribution is -2.34. The molecule has 0 fully saturated rings. The van der Waals surface area contributed by atoms with Gasteiger partial charge in [-0.2, -0.15) is 0 Å². The fourth-order valence-electron chi connectivity index (χ4n) is 2.95. The number of aromatic nitrogens is 2. The molecule has 4 heteroatoms. The van der Waals surface area contributed by atoms with Crippen molar-refractivity contribution in [2.45, 2.75) is 39.3 Å². The second-order valence-electron chi connectivity index (χ2n) is 5.06. The van der Waals surface area contributed by atoms with Crippen LogP contribution >= 0.6 is 0 Å². The highest BCUT2D eigenvalue weighted by Crippen LogP contribution is 2.32. The summed E-state index contributed by atoms with van der Waals surface area (Å²) in [5, 5.41) is 8.01. The highest BCUT2D eigenvalue weighted by atomic mass is 16.4. The van der Waals surface area contributed by atoms with E-state index in [-0.39, 0.29) is 0 Å². The average molecular weight is 257 g/mol. The van der Waals surface area contributed by atoms with Crippen LogP contribution in [0.5, 0.6) is 0 Å². The monoisotopic (exact) mass is 257 g/mol. The molecule has 1 aromatic heterocycles. The molecule has 1 atom stereocenters. The molecule has 0 amide bonds. The van der Waals surface area contributed by atoms with E-state index in [1.165, 1.54) is 11.1 Å². The smallest absolute Gasteiger partial charge is 0.230 e. The first-order valence-electron chi connectivity index (χ1n) is 6.88. The van der Waals surface area contributed by atoms with E-state index < -0.39 is 0 Å². The Morgan fingerprint density at radius 3 is 2.89 bits per heavy atom. The number of fused-ring (bicyclic) bond motifs is 1. The molecular weight excluding hydrogens is 238 g/mol. The molecule has 2 heterocycles. The van der Waals surface area contributed by atoms with Gasteiger partial charge in [-0.3, -0.25) is 4.90 Å². The van der Waals surface area contributed by atoms with Gasteiger partial charge in [0.05, 0.1) is 6.54 Å². The largest absolute Gasteiger partial charge is 0.424 e. The molecule has 0 radical (unpaired) electrons.